The summed E-state index contributed by atoms with van der Waals surface area (Å²) < 4.78 is 7.38. The van der Waals surface area contributed by atoms with Gasteiger partial charge in [-0.25, -0.2) is 0 Å². The van der Waals surface area contributed by atoms with Crippen molar-refractivity contribution >= 4 is 15.9 Å². The second-order valence-electron chi connectivity index (χ2n) is 5.93. The maximum Gasteiger partial charge on any atom is 0.134 e. The third-order valence-electron chi connectivity index (χ3n) is 3.81. The molecule has 3 heteroatoms. The molecule has 0 aliphatic heterocycles. The minimum absolute atomic E-state index is 0.0552. The summed E-state index contributed by atoms with van der Waals surface area (Å²) in [4.78, 5) is 0. The molecule has 19 heavy (non-hydrogen) atoms. The zero-order valence-electron chi connectivity index (χ0n) is 12.1. The fraction of sp³-hybridized carbons (Fsp3) is 0.625. The molecule has 0 amide bonds. The predicted octanol–water partition coefficient (Wildman–Crippen LogP) is 4.45. The van der Waals surface area contributed by atoms with Gasteiger partial charge in [0.25, 0.3) is 0 Å². The summed E-state index contributed by atoms with van der Waals surface area (Å²) in [6.07, 6.45) is 4.72. The lowest BCUT2D eigenvalue weighted by molar-refractivity contribution is -0.0151. The molecule has 0 aromatic heterocycles. The van der Waals surface area contributed by atoms with Crippen LogP contribution in [-0.4, -0.2) is 18.2 Å². The molecule has 2 rings (SSSR count). The van der Waals surface area contributed by atoms with E-state index in [0.717, 1.165) is 23.2 Å². The molecule has 1 aromatic carbocycles. The van der Waals surface area contributed by atoms with Gasteiger partial charge >= 0.3 is 0 Å². The fourth-order valence-electron chi connectivity index (χ4n) is 2.48. The van der Waals surface area contributed by atoms with Crippen LogP contribution < -0.4 is 10.1 Å². The van der Waals surface area contributed by atoms with Gasteiger partial charge in [0.2, 0.25) is 0 Å². The van der Waals surface area contributed by atoms with Crippen LogP contribution in [0, 0.1) is 6.92 Å². The van der Waals surface area contributed by atoms with Crippen LogP contribution in [-0.2, 0) is 0 Å². The second kappa shape index (κ2) is 6.27. The number of hydrogen-bond acceptors (Lipinski definition) is 2. The predicted molar refractivity (Wildman–Crippen MR) is 83.8 cm³/mol. The minimum Gasteiger partial charge on any atom is -0.486 e. The molecule has 0 spiro atoms. The maximum absolute atomic E-state index is 6.32. The van der Waals surface area contributed by atoms with Gasteiger partial charge in [0.1, 0.15) is 11.4 Å². The molecule has 1 aromatic rings. The Bertz CT molecular complexity index is 427. The van der Waals surface area contributed by atoms with Gasteiger partial charge in [0.05, 0.1) is 4.47 Å². The molecule has 1 aliphatic carbocycles. The molecule has 0 heterocycles. The van der Waals surface area contributed by atoms with E-state index in [2.05, 4.69) is 60.2 Å². The van der Waals surface area contributed by atoms with Crippen LogP contribution in [0.15, 0.2) is 22.7 Å². The van der Waals surface area contributed by atoms with Crippen molar-refractivity contribution in [2.24, 2.45) is 0 Å². The molecule has 1 saturated carbocycles. The van der Waals surface area contributed by atoms with Crippen molar-refractivity contribution in [3.8, 4) is 5.75 Å². The number of halogens is 1. The first-order valence-electron chi connectivity index (χ1n) is 7.19. The van der Waals surface area contributed by atoms with E-state index >= 15 is 0 Å². The van der Waals surface area contributed by atoms with Crippen LogP contribution in [0.4, 0.5) is 0 Å². The lowest BCUT2D eigenvalue weighted by Crippen LogP contribution is -2.46. The van der Waals surface area contributed by atoms with Gasteiger partial charge in [-0.2, -0.15) is 0 Å². The Balaban J connectivity index is 1.98. The van der Waals surface area contributed by atoms with Crippen molar-refractivity contribution in [1.82, 2.24) is 5.32 Å². The van der Waals surface area contributed by atoms with Gasteiger partial charge in [-0.05, 0) is 72.8 Å². The van der Waals surface area contributed by atoms with Crippen molar-refractivity contribution in [2.75, 3.05) is 6.54 Å². The van der Waals surface area contributed by atoms with Crippen molar-refractivity contribution in [3.05, 3.63) is 28.2 Å². The summed E-state index contributed by atoms with van der Waals surface area (Å²) in [5, 5.41) is 3.49. The first kappa shape index (κ1) is 14.9. The first-order chi connectivity index (χ1) is 9.01. The number of hydrogen-bond donors (Lipinski definition) is 1. The molecule has 0 unspecified atom stereocenters. The van der Waals surface area contributed by atoms with Crippen LogP contribution >= 0.6 is 15.9 Å². The average molecular weight is 326 g/mol. The van der Waals surface area contributed by atoms with Crippen molar-refractivity contribution in [3.63, 3.8) is 0 Å². The number of benzene rings is 1. The Kier molecular flexibility index (Phi) is 4.91. The third kappa shape index (κ3) is 3.96. The summed E-state index contributed by atoms with van der Waals surface area (Å²) >= 11 is 3.60. The summed E-state index contributed by atoms with van der Waals surface area (Å²) in [7, 11) is 0. The summed E-state index contributed by atoms with van der Waals surface area (Å²) in [5.41, 5.74) is 1.31. The zero-order chi connectivity index (χ0) is 13.9. The molecule has 1 fully saturated rings. The molecule has 1 N–H and O–H groups in total. The smallest absolute Gasteiger partial charge is 0.134 e. The van der Waals surface area contributed by atoms with E-state index in [1.165, 1.54) is 24.8 Å². The highest BCUT2D eigenvalue weighted by Crippen LogP contribution is 2.41. The van der Waals surface area contributed by atoms with Gasteiger partial charge in [-0.1, -0.05) is 19.9 Å². The Morgan fingerprint density at radius 1 is 1.37 bits per heavy atom. The van der Waals surface area contributed by atoms with E-state index in [-0.39, 0.29) is 5.60 Å². The van der Waals surface area contributed by atoms with Crippen LogP contribution in [0.1, 0.15) is 45.1 Å². The molecular formula is C16H24BrNO. The minimum atomic E-state index is 0.0552. The van der Waals surface area contributed by atoms with Gasteiger partial charge in [0.15, 0.2) is 0 Å². The van der Waals surface area contributed by atoms with Crippen molar-refractivity contribution in [1.29, 1.82) is 0 Å². The van der Waals surface area contributed by atoms with Crippen LogP contribution in [0.3, 0.4) is 0 Å². The highest BCUT2D eigenvalue weighted by atomic mass is 79.9. The van der Waals surface area contributed by atoms with Crippen molar-refractivity contribution < 1.29 is 4.74 Å². The van der Waals surface area contributed by atoms with Gasteiger partial charge < -0.3 is 10.1 Å². The molecule has 0 saturated heterocycles. The molecule has 2 nitrogen and oxygen atoms in total. The molecule has 1 aliphatic rings. The molecule has 106 valence electrons. The molecule has 0 radical (unpaired) electrons. The fourth-order valence-corrected chi connectivity index (χ4v) is 3.06. The van der Waals surface area contributed by atoms with E-state index in [9.17, 15) is 0 Å². The standard InChI is InChI=1S/C16H24BrNO/c1-12(2)18-10-9-16(7-4-8-16)19-15-6-5-13(3)11-14(15)17/h5-6,11-12,18H,4,7-10H2,1-3H3. The largest absolute Gasteiger partial charge is 0.486 e. The summed E-state index contributed by atoms with van der Waals surface area (Å²) in [6.45, 7) is 7.50. The van der Waals surface area contributed by atoms with E-state index in [0.29, 0.717) is 6.04 Å². The SMILES string of the molecule is Cc1ccc(OC2(CCNC(C)C)CCC2)c(Br)c1. The van der Waals surface area contributed by atoms with Gasteiger partial charge in [-0.3, -0.25) is 0 Å². The monoisotopic (exact) mass is 325 g/mol. The summed E-state index contributed by atoms with van der Waals surface area (Å²) in [5.74, 6) is 0.981. The molecule has 0 atom stereocenters. The lowest BCUT2D eigenvalue weighted by Gasteiger charge is -2.42. The van der Waals surface area contributed by atoms with Crippen LogP contribution in [0.5, 0.6) is 5.75 Å². The number of nitrogens with one attached hydrogen (secondary N) is 1. The molecule has 0 bridgehead atoms. The Labute approximate surface area is 125 Å². The highest BCUT2D eigenvalue weighted by molar-refractivity contribution is 9.10. The lowest BCUT2D eigenvalue weighted by atomic mass is 9.77. The number of aryl methyl sites for hydroxylation is 1. The quantitative estimate of drug-likeness (QED) is 0.834. The van der Waals surface area contributed by atoms with E-state index in [1.807, 2.05) is 0 Å². The third-order valence-corrected chi connectivity index (χ3v) is 4.43. The zero-order valence-corrected chi connectivity index (χ0v) is 13.7. The van der Waals surface area contributed by atoms with Gasteiger partial charge in [0, 0.05) is 6.04 Å². The Morgan fingerprint density at radius 2 is 2.11 bits per heavy atom. The van der Waals surface area contributed by atoms with E-state index in [4.69, 9.17) is 4.74 Å². The summed E-state index contributed by atoms with van der Waals surface area (Å²) in [6, 6.07) is 6.85. The van der Waals surface area contributed by atoms with Crippen LogP contribution in [0.25, 0.3) is 0 Å². The van der Waals surface area contributed by atoms with Crippen LogP contribution in [0.2, 0.25) is 0 Å². The molecular weight excluding hydrogens is 302 g/mol. The Hall–Kier alpha value is -0.540. The Morgan fingerprint density at radius 3 is 2.63 bits per heavy atom. The van der Waals surface area contributed by atoms with E-state index in [1.54, 1.807) is 0 Å². The average Bonchev–Trinajstić information content (AvgIpc) is 2.28. The number of ether oxygens (including phenoxy) is 1. The normalized spacial score (nSPS) is 17.3. The highest BCUT2D eigenvalue weighted by Gasteiger charge is 2.39. The maximum atomic E-state index is 6.32. The van der Waals surface area contributed by atoms with Crippen molar-refractivity contribution in [2.45, 2.75) is 58.1 Å². The first-order valence-corrected chi connectivity index (χ1v) is 7.99. The number of rotatable bonds is 6. The topological polar surface area (TPSA) is 21.3 Å². The second-order valence-corrected chi connectivity index (χ2v) is 6.79. The van der Waals surface area contributed by atoms with Gasteiger partial charge in [-0.15, -0.1) is 0 Å². The van der Waals surface area contributed by atoms with E-state index < -0.39 is 0 Å².